The molecule has 5 nitrogen and oxygen atoms in total. The van der Waals surface area contributed by atoms with E-state index in [1.54, 1.807) is 7.11 Å². The summed E-state index contributed by atoms with van der Waals surface area (Å²) in [4.78, 5) is 4.58. The molecule has 24 heavy (non-hydrogen) atoms. The number of anilines is 2. The summed E-state index contributed by atoms with van der Waals surface area (Å²) in [7, 11) is 1.66. The minimum Gasteiger partial charge on any atom is -0.497 e. The largest absolute Gasteiger partial charge is 0.497 e. The molecule has 1 aromatic heterocycles. The molecule has 0 spiro atoms. The molecular formula is C19H18N2O3. The Morgan fingerprint density at radius 1 is 1.00 bits per heavy atom. The number of hydrogen-bond donors (Lipinski definition) is 1. The van der Waals surface area contributed by atoms with Gasteiger partial charge in [-0.1, -0.05) is 0 Å². The van der Waals surface area contributed by atoms with Gasteiger partial charge in [0.25, 0.3) is 0 Å². The monoisotopic (exact) mass is 322 g/mol. The minimum atomic E-state index is 0.574. The van der Waals surface area contributed by atoms with Crippen molar-refractivity contribution in [2.24, 2.45) is 0 Å². The van der Waals surface area contributed by atoms with Gasteiger partial charge in [0.05, 0.1) is 12.6 Å². The summed E-state index contributed by atoms with van der Waals surface area (Å²) < 4.78 is 16.6. The summed E-state index contributed by atoms with van der Waals surface area (Å²) in [5, 5.41) is 4.47. The maximum absolute atomic E-state index is 5.65. The standard InChI is InChI=1S/C19H18N2O3/c1-12-9-17(15-11-14(22-2)4-5-16(15)20-12)21-13-3-6-18-19(10-13)24-8-7-23-18/h3-6,9-11H,7-8H2,1-2H3,(H,20,21). The maximum atomic E-state index is 5.65. The second kappa shape index (κ2) is 5.92. The van der Waals surface area contributed by atoms with E-state index in [1.165, 1.54) is 0 Å². The summed E-state index contributed by atoms with van der Waals surface area (Å²) in [6.45, 7) is 3.15. The van der Waals surface area contributed by atoms with Crippen LogP contribution in [0.1, 0.15) is 5.69 Å². The van der Waals surface area contributed by atoms with Crippen molar-refractivity contribution in [3.05, 3.63) is 48.2 Å². The van der Waals surface area contributed by atoms with Crippen LogP contribution in [0.3, 0.4) is 0 Å². The predicted molar refractivity (Wildman–Crippen MR) is 93.7 cm³/mol. The molecule has 0 bridgehead atoms. The van der Waals surface area contributed by atoms with Gasteiger partial charge in [0.2, 0.25) is 0 Å². The molecule has 1 N–H and O–H groups in total. The molecule has 3 aromatic rings. The van der Waals surface area contributed by atoms with Crippen LogP contribution in [0.5, 0.6) is 17.2 Å². The van der Waals surface area contributed by atoms with Crippen LogP contribution in [0.4, 0.5) is 11.4 Å². The fourth-order valence-corrected chi connectivity index (χ4v) is 2.84. The van der Waals surface area contributed by atoms with Gasteiger partial charge in [-0.2, -0.15) is 0 Å². The molecule has 0 radical (unpaired) electrons. The zero-order valence-electron chi connectivity index (χ0n) is 13.6. The lowest BCUT2D eigenvalue weighted by Gasteiger charge is -2.19. The van der Waals surface area contributed by atoms with Crippen LogP contribution in [0.25, 0.3) is 10.9 Å². The quantitative estimate of drug-likeness (QED) is 0.788. The van der Waals surface area contributed by atoms with Crippen molar-refractivity contribution >= 4 is 22.3 Å². The van der Waals surface area contributed by atoms with Crippen molar-refractivity contribution in [2.75, 3.05) is 25.6 Å². The zero-order valence-corrected chi connectivity index (χ0v) is 13.6. The number of methoxy groups -OCH3 is 1. The third-order valence-corrected chi connectivity index (χ3v) is 3.97. The third-order valence-electron chi connectivity index (χ3n) is 3.97. The molecule has 1 aliphatic heterocycles. The Hall–Kier alpha value is -2.95. The number of aromatic nitrogens is 1. The lowest BCUT2D eigenvalue weighted by Crippen LogP contribution is -2.15. The van der Waals surface area contributed by atoms with E-state index in [9.17, 15) is 0 Å². The zero-order chi connectivity index (χ0) is 16.5. The molecule has 1 aliphatic rings. The summed E-state index contributed by atoms with van der Waals surface area (Å²) in [5.41, 5.74) is 3.80. The third kappa shape index (κ3) is 2.69. The van der Waals surface area contributed by atoms with E-state index in [2.05, 4.69) is 10.3 Å². The smallest absolute Gasteiger partial charge is 0.163 e. The van der Waals surface area contributed by atoms with Crippen molar-refractivity contribution < 1.29 is 14.2 Å². The van der Waals surface area contributed by atoms with E-state index in [1.807, 2.05) is 49.4 Å². The predicted octanol–water partition coefficient (Wildman–Crippen LogP) is 4.07. The minimum absolute atomic E-state index is 0.574. The molecule has 0 saturated carbocycles. The van der Waals surface area contributed by atoms with Crippen molar-refractivity contribution in [3.63, 3.8) is 0 Å². The topological polar surface area (TPSA) is 52.6 Å². The second-order valence-corrected chi connectivity index (χ2v) is 5.68. The molecule has 2 aromatic carbocycles. The van der Waals surface area contributed by atoms with Crippen molar-refractivity contribution in [1.82, 2.24) is 4.98 Å². The van der Waals surface area contributed by atoms with Gasteiger partial charge < -0.3 is 19.5 Å². The number of nitrogens with one attached hydrogen (secondary N) is 1. The Kier molecular flexibility index (Phi) is 3.61. The van der Waals surface area contributed by atoms with Gasteiger partial charge >= 0.3 is 0 Å². The first-order chi connectivity index (χ1) is 11.7. The molecule has 0 unspecified atom stereocenters. The molecule has 0 fully saturated rings. The number of fused-ring (bicyclic) bond motifs is 2. The van der Waals surface area contributed by atoms with Gasteiger partial charge in [0.15, 0.2) is 11.5 Å². The van der Waals surface area contributed by atoms with Gasteiger partial charge in [0, 0.05) is 28.5 Å². The Balaban J connectivity index is 1.76. The molecule has 122 valence electrons. The lowest BCUT2D eigenvalue weighted by atomic mass is 10.1. The van der Waals surface area contributed by atoms with E-state index < -0.39 is 0 Å². The molecule has 0 saturated heterocycles. The van der Waals surface area contributed by atoms with Crippen LogP contribution in [0.2, 0.25) is 0 Å². The van der Waals surface area contributed by atoms with E-state index in [0.717, 1.165) is 45.2 Å². The highest BCUT2D eigenvalue weighted by Gasteiger charge is 2.13. The number of aryl methyl sites for hydroxylation is 1. The summed E-state index contributed by atoms with van der Waals surface area (Å²) in [5.74, 6) is 2.35. The van der Waals surface area contributed by atoms with Gasteiger partial charge in [-0.3, -0.25) is 4.98 Å². The summed E-state index contributed by atoms with van der Waals surface area (Å²) in [6.07, 6.45) is 0. The molecule has 0 atom stereocenters. The average molecular weight is 322 g/mol. The van der Waals surface area contributed by atoms with Crippen LogP contribution in [-0.4, -0.2) is 25.3 Å². The Bertz CT molecular complexity index is 908. The van der Waals surface area contributed by atoms with Crippen LogP contribution in [-0.2, 0) is 0 Å². The highest BCUT2D eigenvalue weighted by molar-refractivity contribution is 5.94. The number of benzene rings is 2. The van der Waals surface area contributed by atoms with Crippen LogP contribution in [0.15, 0.2) is 42.5 Å². The van der Waals surface area contributed by atoms with E-state index in [-0.39, 0.29) is 0 Å². The Labute approximate surface area is 140 Å². The fraction of sp³-hybridized carbons (Fsp3) is 0.211. The van der Waals surface area contributed by atoms with Crippen molar-refractivity contribution in [1.29, 1.82) is 0 Å². The van der Waals surface area contributed by atoms with Gasteiger partial charge in [0.1, 0.15) is 19.0 Å². The Morgan fingerprint density at radius 3 is 2.67 bits per heavy atom. The van der Waals surface area contributed by atoms with E-state index >= 15 is 0 Å². The molecular weight excluding hydrogens is 304 g/mol. The molecule has 4 rings (SSSR count). The first-order valence-corrected chi connectivity index (χ1v) is 7.85. The van der Waals surface area contributed by atoms with Gasteiger partial charge in [-0.15, -0.1) is 0 Å². The Morgan fingerprint density at radius 2 is 1.83 bits per heavy atom. The molecule has 0 aliphatic carbocycles. The first kappa shape index (κ1) is 14.6. The highest BCUT2D eigenvalue weighted by Crippen LogP contribution is 2.35. The molecule has 2 heterocycles. The second-order valence-electron chi connectivity index (χ2n) is 5.68. The summed E-state index contributed by atoms with van der Waals surface area (Å²) >= 11 is 0. The number of pyridine rings is 1. The van der Waals surface area contributed by atoms with Crippen LogP contribution >= 0.6 is 0 Å². The molecule has 0 amide bonds. The normalized spacial score (nSPS) is 12.9. The average Bonchev–Trinajstić information content (AvgIpc) is 2.61. The molecule has 5 heteroatoms. The van der Waals surface area contributed by atoms with Crippen LogP contribution in [0, 0.1) is 6.92 Å². The number of nitrogens with zero attached hydrogens (tertiary/aromatic N) is 1. The highest BCUT2D eigenvalue weighted by atomic mass is 16.6. The summed E-state index contributed by atoms with van der Waals surface area (Å²) in [6, 6.07) is 13.8. The first-order valence-electron chi connectivity index (χ1n) is 7.85. The van der Waals surface area contributed by atoms with E-state index in [0.29, 0.717) is 13.2 Å². The van der Waals surface area contributed by atoms with E-state index in [4.69, 9.17) is 14.2 Å². The SMILES string of the molecule is COc1ccc2nc(C)cc(Nc3ccc4c(c3)OCCO4)c2c1. The lowest BCUT2D eigenvalue weighted by molar-refractivity contribution is 0.171. The number of rotatable bonds is 3. The fourth-order valence-electron chi connectivity index (χ4n) is 2.84. The van der Waals surface area contributed by atoms with Gasteiger partial charge in [-0.25, -0.2) is 0 Å². The maximum Gasteiger partial charge on any atom is 0.163 e. The number of ether oxygens (including phenoxy) is 3. The van der Waals surface area contributed by atoms with Crippen LogP contribution < -0.4 is 19.5 Å². The van der Waals surface area contributed by atoms with Crippen molar-refractivity contribution in [3.8, 4) is 17.2 Å². The number of hydrogen-bond acceptors (Lipinski definition) is 5. The van der Waals surface area contributed by atoms with Gasteiger partial charge in [-0.05, 0) is 43.3 Å². The van der Waals surface area contributed by atoms with Crippen molar-refractivity contribution in [2.45, 2.75) is 6.92 Å².